The van der Waals surface area contributed by atoms with E-state index in [1.54, 1.807) is 18.2 Å². The minimum absolute atomic E-state index is 0.270. The van der Waals surface area contributed by atoms with E-state index in [1.807, 2.05) is 43.3 Å². The lowest BCUT2D eigenvalue weighted by Crippen LogP contribution is -2.33. The topological polar surface area (TPSA) is 48.0 Å². The van der Waals surface area contributed by atoms with Crippen LogP contribution in [0.3, 0.4) is 0 Å². The van der Waals surface area contributed by atoms with Crippen molar-refractivity contribution in [1.82, 2.24) is 4.90 Å². The van der Waals surface area contributed by atoms with Gasteiger partial charge < -0.3 is 14.2 Å². The van der Waals surface area contributed by atoms with Gasteiger partial charge in [-0.3, -0.25) is 4.90 Å². The molecule has 1 atom stereocenters. The molecule has 31 heavy (non-hydrogen) atoms. The van der Waals surface area contributed by atoms with E-state index >= 15 is 0 Å². The summed E-state index contributed by atoms with van der Waals surface area (Å²) in [6.45, 7) is 5.12. The van der Waals surface area contributed by atoms with Crippen molar-refractivity contribution in [3.8, 4) is 11.5 Å². The molecular weight excluding hydrogens is 390 g/mol. The van der Waals surface area contributed by atoms with Crippen LogP contribution in [0.2, 0.25) is 0 Å². The van der Waals surface area contributed by atoms with Gasteiger partial charge in [0.2, 0.25) is 0 Å². The van der Waals surface area contributed by atoms with Gasteiger partial charge in [0.05, 0.1) is 5.56 Å². The van der Waals surface area contributed by atoms with Crippen LogP contribution in [-0.2, 0) is 17.8 Å². The fraction of sp³-hybridized carbons (Fsp3) is 0.269. The van der Waals surface area contributed by atoms with E-state index < -0.39 is 0 Å². The number of nitrogens with zero attached hydrogens (tertiary/aromatic N) is 1. The van der Waals surface area contributed by atoms with Gasteiger partial charge in [-0.05, 0) is 36.2 Å². The average Bonchev–Trinajstić information content (AvgIpc) is 2.80. The third-order valence-corrected chi connectivity index (χ3v) is 5.10. The Morgan fingerprint density at radius 3 is 2.06 bits per heavy atom. The molecule has 0 aromatic heterocycles. The van der Waals surface area contributed by atoms with Gasteiger partial charge in [0.25, 0.3) is 0 Å². The predicted octanol–water partition coefficient (Wildman–Crippen LogP) is 4.71. The van der Waals surface area contributed by atoms with E-state index in [2.05, 4.69) is 29.2 Å². The number of benzene rings is 3. The first-order chi connectivity index (χ1) is 15.2. The number of fused-ring (bicyclic) bond motifs is 1. The number of hydrogen-bond donors (Lipinski definition) is 0. The zero-order valence-corrected chi connectivity index (χ0v) is 17.7. The predicted molar refractivity (Wildman–Crippen MR) is 119 cm³/mol. The molecule has 4 rings (SSSR count). The molecular formula is C26H27NO4. The molecule has 1 heterocycles. The fourth-order valence-corrected chi connectivity index (χ4v) is 3.69. The van der Waals surface area contributed by atoms with Gasteiger partial charge in [-0.2, -0.15) is 0 Å². The van der Waals surface area contributed by atoms with Gasteiger partial charge in [0, 0.05) is 19.6 Å². The van der Waals surface area contributed by atoms with Gasteiger partial charge >= 0.3 is 5.97 Å². The lowest BCUT2D eigenvalue weighted by Gasteiger charge is -2.26. The first-order valence-electron chi connectivity index (χ1n) is 10.6. The van der Waals surface area contributed by atoms with Gasteiger partial charge in [0.15, 0.2) is 11.5 Å². The van der Waals surface area contributed by atoms with Crippen LogP contribution in [0.25, 0.3) is 0 Å². The summed E-state index contributed by atoms with van der Waals surface area (Å²) in [5, 5.41) is 0. The maximum Gasteiger partial charge on any atom is 0.338 e. The molecule has 0 radical (unpaired) electrons. The number of carbonyl (C=O) groups is 1. The second-order valence-electron chi connectivity index (χ2n) is 7.72. The molecule has 0 N–H and O–H groups in total. The lowest BCUT2D eigenvalue weighted by atomic mass is 10.1. The molecule has 0 bridgehead atoms. The van der Waals surface area contributed by atoms with Crippen molar-refractivity contribution in [2.45, 2.75) is 26.1 Å². The lowest BCUT2D eigenvalue weighted by molar-refractivity contribution is 0.0236. The van der Waals surface area contributed by atoms with E-state index in [0.717, 1.165) is 13.1 Å². The molecule has 3 aromatic carbocycles. The molecule has 160 valence electrons. The van der Waals surface area contributed by atoms with Crippen LogP contribution in [-0.4, -0.2) is 36.7 Å². The molecule has 0 saturated heterocycles. The molecule has 3 aromatic rings. The smallest absolute Gasteiger partial charge is 0.338 e. The standard InChI is InChI=1S/C26H27NO4/c1-20(31-26(28)23-12-13-24-25(16-23)30-15-14-29-24)17-27(18-21-8-4-2-5-9-21)19-22-10-6-3-7-11-22/h2-13,16,20H,14-15,17-19H2,1H3. The molecule has 0 aliphatic carbocycles. The van der Waals surface area contributed by atoms with Crippen LogP contribution in [0.5, 0.6) is 11.5 Å². The number of rotatable bonds is 8. The average molecular weight is 418 g/mol. The fourth-order valence-electron chi connectivity index (χ4n) is 3.69. The molecule has 0 fully saturated rings. The zero-order valence-electron chi connectivity index (χ0n) is 17.7. The molecule has 0 spiro atoms. The first kappa shape index (κ1) is 20.9. The summed E-state index contributed by atoms with van der Waals surface area (Å²) >= 11 is 0. The maximum atomic E-state index is 12.7. The Hall–Kier alpha value is -3.31. The summed E-state index contributed by atoms with van der Waals surface area (Å²) in [4.78, 5) is 15.0. The zero-order chi connectivity index (χ0) is 21.5. The normalized spacial score (nSPS) is 13.6. The monoisotopic (exact) mass is 417 g/mol. The summed E-state index contributed by atoms with van der Waals surface area (Å²) in [6.07, 6.45) is -0.270. The minimum Gasteiger partial charge on any atom is -0.486 e. The number of esters is 1. The summed E-state index contributed by atoms with van der Waals surface area (Å²) in [5.74, 6) is 0.889. The second-order valence-corrected chi connectivity index (χ2v) is 7.72. The molecule has 5 nitrogen and oxygen atoms in total. The van der Waals surface area contributed by atoms with Crippen LogP contribution in [0.15, 0.2) is 78.9 Å². The van der Waals surface area contributed by atoms with Crippen molar-refractivity contribution in [1.29, 1.82) is 0 Å². The van der Waals surface area contributed by atoms with Crippen LogP contribution in [0, 0.1) is 0 Å². The van der Waals surface area contributed by atoms with Gasteiger partial charge in [0.1, 0.15) is 19.3 Å². The Labute approximate surface area is 183 Å². The first-order valence-corrected chi connectivity index (χ1v) is 10.6. The Kier molecular flexibility index (Phi) is 6.85. The van der Waals surface area contributed by atoms with Crippen molar-refractivity contribution >= 4 is 5.97 Å². The van der Waals surface area contributed by atoms with Crippen molar-refractivity contribution in [3.63, 3.8) is 0 Å². The number of carbonyl (C=O) groups excluding carboxylic acids is 1. The molecule has 1 aliphatic rings. The summed E-state index contributed by atoms with van der Waals surface area (Å²) in [7, 11) is 0. The molecule has 0 amide bonds. The molecule has 1 aliphatic heterocycles. The highest BCUT2D eigenvalue weighted by molar-refractivity contribution is 5.90. The van der Waals surface area contributed by atoms with Crippen LogP contribution in [0.4, 0.5) is 0 Å². The Balaban J connectivity index is 1.41. The number of ether oxygens (including phenoxy) is 3. The summed E-state index contributed by atoms with van der Waals surface area (Å²) in [5.41, 5.74) is 2.92. The van der Waals surface area contributed by atoms with Crippen molar-refractivity contribution in [2.75, 3.05) is 19.8 Å². The molecule has 1 unspecified atom stereocenters. The maximum absolute atomic E-state index is 12.7. The van der Waals surface area contributed by atoms with E-state index in [-0.39, 0.29) is 12.1 Å². The highest BCUT2D eigenvalue weighted by Crippen LogP contribution is 2.31. The van der Waals surface area contributed by atoms with Gasteiger partial charge in [-0.1, -0.05) is 60.7 Å². The van der Waals surface area contributed by atoms with Crippen LogP contribution >= 0.6 is 0 Å². The van der Waals surface area contributed by atoms with Crippen LogP contribution in [0.1, 0.15) is 28.4 Å². The minimum atomic E-state index is -0.358. The highest BCUT2D eigenvalue weighted by atomic mass is 16.6. The van der Waals surface area contributed by atoms with E-state index in [0.29, 0.717) is 36.8 Å². The SMILES string of the molecule is CC(CN(Cc1ccccc1)Cc1ccccc1)OC(=O)c1ccc2c(c1)OCCO2. The highest BCUT2D eigenvalue weighted by Gasteiger charge is 2.19. The summed E-state index contributed by atoms with van der Waals surface area (Å²) < 4.78 is 16.9. The Morgan fingerprint density at radius 2 is 1.45 bits per heavy atom. The third-order valence-electron chi connectivity index (χ3n) is 5.10. The Morgan fingerprint density at radius 1 is 0.871 bits per heavy atom. The summed E-state index contributed by atoms with van der Waals surface area (Å²) in [6, 6.07) is 25.8. The van der Waals surface area contributed by atoms with Crippen LogP contribution < -0.4 is 9.47 Å². The third kappa shape index (κ3) is 5.86. The van der Waals surface area contributed by atoms with E-state index in [1.165, 1.54) is 11.1 Å². The molecule has 5 heteroatoms. The van der Waals surface area contributed by atoms with Gasteiger partial charge in [-0.25, -0.2) is 4.79 Å². The van der Waals surface area contributed by atoms with Gasteiger partial charge in [-0.15, -0.1) is 0 Å². The van der Waals surface area contributed by atoms with E-state index in [4.69, 9.17) is 14.2 Å². The van der Waals surface area contributed by atoms with Crippen molar-refractivity contribution in [3.05, 3.63) is 95.6 Å². The Bertz CT molecular complexity index is 949. The second kappa shape index (κ2) is 10.1. The molecule has 0 saturated carbocycles. The van der Waals surface area contributed by atoms with Crippen molar-refractivity contribution < 1.29 is 19.0 Å². The van der Waals surface area contributed by atoms with E-state index in [9.17, 15) is 4.79 Å². The van der Waals surface area contributed by atoms with Crippen molar-refractivity contribution in [2.24, 2.45) is 0 Å². The number of hydrogen-bond acceptors (Lipinski definition) is 5. The largest absolute Gasteiger partial charge is 0.486 e. The quantitative estimate of drug-likeness (QED) is 0.497.